The normalized spacial score (nSPS) is 10.8. The van der Waals surface area contributed by atoms with E-state index in [1.165, 1.54) is 0 Å². The minimum absolute atomic E-state index is 0.324. The third-order valence-electron chi connectivity index (χ3n) is 2.05. The first-order chi connectivity index (χ1) is 7.25. The lowest BCUT2D eigenvalue weighted by Gasteiger charge is -2.01. The van der Waals surface area contributed by atoms with Crippen molar-refractivity contribution in [1.82, 2.24) is 10.6 Å². The number of hydrogen-bond acceptors (Lipinski definition) is 4. The fourth-order valence-corrected chi connectivity index (χ4v) is 1.20. The Morgan fingerprint density at radius 1 is 1.60 bits per heavy atom. The van der Waals surface area contributed by atoms with Gasteiger partial charge in [0.05, 0.1) is 6.54 Å². The second-order valence-electron chi connectivity index (χ2n) is 3.21. The minimum atomic E-state index is -0.324. The fraction of sp³-hybridized carbons (Fsp3) is 0.778. The number of hydrogen-bond donors (Lipinski definition) is 2. The Kier molecular flexibility index (Phi) is 5.06. The first-order valence-corrected chi connectivity index (χ1v) is 5.10. The Morgan fingerprint density at radius 2 is 2.40 bits per heavy atom. The van der Waals surface area contributed by atoms with Crippen LogP contribution in [0.25, 0.3) is 0 Å². The van der Waals surface area contributed by atoms with Gasteiger partial charge in [-0.15, -0.1) is 0 Å². The maximum Gasteiger partial charge on any atom is 0.431 e. The SMILES string of the molecule is CCOCCCNCc1c(=O)o[nH][n+]1C. The standard InChI is InChI=1S/C9H17N3O3/c1-3-14-6-4-5-10-7-8-9(13)15-11-12(8)2/h10H,3-7H2,1-2H3/p+1. The summed E-state index contributed by atoms with van der Waals surface area (Å²) in [5, 5.41) is 5.61. The van der Waals surface area contributed by atoms with Crippen LogP contribution in [0.4, 0.5) is 0 Å². The van der Waals surface area contributed by atoms with E-state index in [4.69, 9.17) is 4.74 Å². The van der Waals surface area contributed by atoms with Crippen molar-refractivity contribution in [3.63, 3.8) is 0 Å². The number of aromatic nitrogens is 2. The topological polar surface area (TPSA) is 71.1 Å². The second kappa shape index (κ2) is 6.36. The van der Waals surface area contributed by atoms with Crippen molar-refractivity contribution >= 4 is 0 Å². The number of aryl methyl sites for hydroxylation is 1. The Labute approximate surface area is 88.2 Å². The summed E-state index contributed by atoms with van der Waals surface area (Å²) in [4.78, 5) is 11.1. The summed E-state index contributed by atoms with van der Waals surface area (Å²) in [5.74, 6) is 0. The summed E-state index contributed by atoms with van der Waals surface area (Å²) in [6, 6.07) is 0. The van der Waals surface area contributed by atoms with Crippen molar-refractivity contribution in [2.24, 2.45) is 7.05 Å². The van der Waals surface area contributed by atoms with Crippen LogP contribution < -0.4 is 15.6 Å². The molecule has 0 saturated heterocycles. The molecule has 0 spiro atoms. The molecule has 0 fully saturated rings. The molecule has 6 heteroatoms. The van der Waals surface area contributed by atoms with Crippen LogP contribution in [-0.2, 0) is 18.3 Å². The summed E-state index contributed by atoms with van der Waals surface area (Å²) in [5.41, 5.74) is 0.265. The number of ether oxygens (including phenoxy) is 1. The number of rotatable bonds is 7. The molecule has 0 amide bonds. The van der Waals surface area contributed by atoms with Crippen LogP contribution >= 0.6 is 0 Å². The molecule has 0 aliphatic carbocycles. The lowest BCUT2D eigenvalue weighted by atomic mass is 10.4. The smallest absolute Gasteiger partial charge is 0.382 e. The molecule has 0 aliphatic heterocycles. The summed E-state index contributed by atoms with van der Waals surface area (Å²) in [7, 11) is 1.74. The highest BCUT2D eigenvalue weighted by molar-refractivity contribution is 4.81. The van der Waals surface area contributed by atoms with Crippen molar-refractivity contribution in [2.75, 3.05) is 19.8 Å². The van der Waals surface area contributed by atoms with E-state index in [1.807, 2.05) is 6.92 Å². The Hall–Kier alpha value is -1.14. The highest BCUT2D eigenvalue weighted by atomic mass is 16.5. The molecule has 0 unspecified atom stereocenters. The highest BCUT2D eigenvalue weighted by Crippen LogP contribution is 1.83. The van der Waals surface area contributed by atoms with E-state index in [0.29, 0.717) is 12.2 Å². The van der Waals surface area contributed by atoms with Crippen LogP contribution in [0.5, 0.6) is 0 Å². The van der Waals surface area contributed by atoms with E-state index in [-0.39, 0.29) is 5.63 Å². The number of nitrogens with zero attached hydrogens (tertiary/aromatic N) is 1. The third-order valence-corrected chi connectivity index (χ3v) is 2.05. The molecule has 1 rings (SSSR count). The molecule has 0 aliphatic rings. The van der Waals surface area contributed by atoms with Crippen molar-refractivity contribution in [2.45, 2.75) is 19.9 Å². The van der Waals surface area contributed by atoms with Crippen LogP contribution in [0.3, 0.4) is 0 Å². The summed E-state index contributed by atoms with van der Waals surface area (Å²) in [6.45, 7) is 4.80. The lowest BCUT2D eigenvalue weighted by molar-refractivity contribution is -0.746. The van der Waals surface area contributed by atoms with Gasteiger partial charge in [0.1, 0.15) is 0 Å². The molecule has 6 nitrogen and oxygen atoms in total. The van der Waals surface area contributed by atoms with Gasteiger partial charge < -0.3 is 10.1 Å². The molecule has 1 heterocycles. The number of aromatic amines is 1. The molecule has 0 aromatic carbocycles. The molecule has 15 heavy (non-hydrogen) atoms. The molecule has 0 bridgehead atoms. The average molecular weight is 216 g/mol. The first kappa shape index (κ1) is 11.9. The molecular formula is C9H18N3O3+. The summed E-state index contributed by atoms with van der Waals surface area (Å²) in [6.07, 6.45) is 0.938. The van der Waals surface area contributed by atoms with Gasteiger partial charge in [-0.2, -0.15) is 0 Å². The Balaban J connectivity index is 2.18. The molecule has 1 aromatic heterocycles. The quantitative estimate of drug-likeness (QED) is 0.467. The van der Waals surface area contributed by atoms with Crippen molar-refractivity contribution in [3.8, 4) is 0 Å². The van der Waals surface area contributed by atoms with E-state index >= 15 is 0 Å². The van der Waals surface area contributed by atoms with Gasteiger partial charge in [0, 0.05) is 13.2 Å². The zero-order valence-electron chi connectivity index (χ0n) is 9.21. The van der Waals surface area contributed by atoms with Crippen molar-refractivity contribution in [1.29, 1.82) is 0 Å². The predicted octanol–water partition coefficient (Wildman–Crippen LogP) is -0.691. The summed E-state index contributed by atoms with van der Waals surface area (Å²) < 4.78 is 11.4. The van der Waals surface area contributed by atoms with Crippen LogP contribution in [0.15, 0.2) is 9.32 Å². The van der Waals surface area contributed by atoms with Gasteiger partial charge >= 0.3 is 11.3 Å². The van der Waals surface area contributed by atoms with Crippen molar-refractivity contribution in [3.05, 3.63) is 16.1 Å². The second-order valence-corrected chi connectivity index (χ2v) is 3.21. The van der Waals surface area contributed by atoms with Gasteiger partial charge in [-0.05, 0) is 25.2 Å². The van der Waals surface area contributed by atoms with Gasteiger partial charge in [0.15, 0.2) is 7.05 Å². The molecule has 0 atom stereocenters. The lowest BCUT2D eigenvalue weighted by Crippen LogP contribution is -2.39. The molecule has 1 aromatic rings. The molecule has 86 valence electrons. The molecule has 2 N–H and O–H groups in total. The largest absolute Gasteiger partial charge is 0.431 e. The van der Waals surface area contributed by atoms with Crippen LogP contribution in [0.2, 0.25) is 0 Å². The first-order valence-electron chi connectivity index (χ1n) is 5.10. The zero-order valence-corrected chi connectivity index (χ0v) is 9.21. The van der Waals surface area contributed by atoms with E-state index in [0.717, 1.165) is 26.2 Å². The minimum Gasteiger partial charge on any atom is -0.382 e. The van der Waals surface area contributed by atoms with Gasteiger partial charge in [0.25, 0.3) is 0 Å². The fourth-order valence-electron chi connectivity index (χ4n) is 1.20. The van der Waals surface area contributed by atoms with Crippen LogP contribution in [-0.4, -0.2) is 25.0 Å². The number of nitrogens with one attached hydrogen (secondary N) is 2. The van der Waals surface area contributed by atoms with Crippen molar-refractivity contribution < 1.29 is 13.9 Å². The average Bonchev–Trinajstić information content (AvgIpc) is 2.54. The van der Waals surface area contributed by atoms with E-state index in [1.54, 1.807) is 11.7 Å². The van der Waals surface area contributed by atoms with E-state index < -0.39 is 0 Å². The predicted molar refractivity (Wildman–Crippen MR) is 53.3 cm³/mol. The maximum atomic E-state index is 11.1. The van der Waals surface area contributed by atoms with Gasteiger partial charge in [-0.3, -0.25) is 4.52 Å². The molecule has 0 radical (unpaired) electrons. The molecular weight excluding hydrogens is 198 g/mol. The van der Waals surface area contributed by atoms with Crippen LogP contribution in [0, 0.1) is 0 Å². The summed E-state index contributed by atoms with van der Waals surface area (Å²) >= 11 is 0. The maximum absolute atomic E-state index is 11.1. The number of H-pyrrole nitrogens is 1. The zero-order chi connectivity index (χ0) is 11.1. The Bertz CT molecular complexity index is 332. The highest BCUT2D eigenvalue weighted by Gasteiger charge is 2.15. The van der Waals surface area contributed by atoms with Gasteiger partial charge in [-0.1, -0.05) is 4.68 Å². The van der Waals surface area contributed by atoms with Gasteiger partial charge in [0.2, 0.25) is 0 Å². The third kappa shape index (κ3) is 3.85. The van der Waals surface area contributed by atoms with E-state index in [2.05, 4.69) is 15.1 Å². The van der Waals surface area contributed by atoms with E-state index in [9.17, 15) is 4.79 Å². The van der Waals surface area contributed by atoms with Crippen LogP contribution in [0.1, 0.15) is 19.0 Å². The molecule has 0 saturated carbocycles. The Morgan fingerprint density at radius 3 is 3.00 bits per heavy atom. The monoisotopic (exact) mass is 216 g/mol. The van der Waals surface area contributed by atoms with Gasteiger partial charge in [-0.25, -0.2) is 4.79 Å².